The van der Waals surface area contributed by atoms with Gasteiger partial charge in [-0.3, -0.25) is 9.59 Å². The predicted molar refractivity (Wildman–Crippen MR) is 77.6 cm³/mol. The van der Waals surface area contributed by atoms with E-state index in [0.29, 0.717) is 6.54 Å². The van der Waals surface area contributed by atoms with E-state index in [1.165, 1.54) is 0 Å². The SMILES string of the molecule is CCN(C(=O)[C@H]1[C@@H](C(=O)O)C1(C)C)c1ccccc1C. The van der Waals surface area contributed by atoms with Gasteiger partial charge in [0.15, 0.2) is 0 Å². The van der Waals surface area contributed by atoms with Crippen LogP contribution in [0.4, 0.5) is 5.69 Å². The van der Waals surface area contributed by atoms with Crippen LogP contribution in [0.25, 0.3) is 0 Å². The lowest BCUT2D eigenvalue weighted by molar-refractivity contribution is -0.140. The van der Waals surface area contributed by atoms with Crippen LogP contribution in [0.1, 0.15) is 26.3 Å². The van der Waals surface area contributed by atoms with Crippen LogP contribution in [0.2, 0.25) is 0 Å². The van der Waals surface area contributed by atoms with E-state index in [1.807, 2.05) is 52.0 Å². The van der Waals surface area contributed by atoms with Crippen LogP contribution in [-0.4, -0.2) is 23.5 Å². The molecular weight excluding hydrogens is 254 g/mol. The number of nitrogens with zero attached hydrogens (tertiary/aromatic N) is 1. The topological polar surface area (TPSA) is 57.6 Å². The van der Waals surface area contributed by atoms with Gasteiger partial charge >= 0.3 is 5.97 Å². The third-order valence-corrected chi connectivity index (χ3v) is 4.35. The van der Waals surface area contributed by atoms with Gasteiger partial charge in [-0.15, -0.1) is 0 Å². The number of carboxylic acids is 1. The van der Waals surface area contributed by atoms with E-state index in [9.17, 15) is 14.7 Å². The lowest BCUT2D eigenvalue weighted by Crippen LogP contribution is -2.34. The van der Waals surface area contributed by atoms with Crippen LogP contribution in [0.3, 0.4) is 0 Å². The Bertz CT molecular complexity index is 550. The van der Waals surface area contributed by atoms with Crippen LogP contribution >= 0.6 is 0 Å². The third-order valence-electron chi connectivity index (χ3n) is 4.35. The Labute approximate surface area is 119 Å². The van der Waals surface area contributed by atoms with Crippen molar-refractivity contribution >= 4 is 17.6 Å². The van der Waals surface area contributed by atoms with E-state index in [1.54, 1.807) is 4.90 Å². The fourth-order valence-electron chi connectivity index (χ4n) is 3.04. The summed E-state index contributed by atoms with van der Waals surface area (Å²) < 4.78 is 0. The zero-order valence-corrected chi connectivity index (χ0v) is 12.4. The molecule has 2 atom stereocenters. The fraction of sp³-hybridized carbons (Fsp3) is 0.500. The van der Waals surface area contributed by atoms with Crippen LogP contribution in [0.15, 0.2) is 24.3 Å². The highest BCUT2D eigenvalue weighted by Crippen LogP contribution is 2.59. The van der Waals surface area contributed by atoms with Crippen molar-refractivity contribution in [3.8, 4) is 0 Å². The number of amides is 1. The summed E-state index contributed by atoms with van der Waals surface area (Å²) in [5, 5.41) is 9.22. The molecule has 0 saturated heterocycles. The molecular formula is C16H21NO3. The molecule has 108 valence electrons. The normalized spacial score (nSPS) is 23.2. The molecule has 0 radical (unpaired) electrons. The second-order valence-electron chi connectivity index (χ2n) is 5.98. The first-order chi connectivity index (χ1) is 9.32. The first kappa shape index (κ1) is 14.6. The summed E-state index contributed by atoms with van der Waals surface area (Å²) in [7, 11) is 0. The summed E-state index contributed by atoms with van der Waals surface area (Å²) in [4.78, 5) is 25.6. The average molecular weight is 275 g/mol. The first-order valence-corrected chi connectivity index (χ1v) is 6.92. The summed E-state index contributed by atoms with van der Waals surface area (Å²) in [5.41, 5.74) is 1.43. The van der Waals surface area contributed by atoms with Gasteiger partial charge in [-0.25, -0.2) is 0 Å². The Morgan fingerprint density at radius 1 is 1.25 bits per heavy atom. The largest absolute Gasteiger partial charge is 0.481 e. The van der Waals surface area contributed by atoms with E-state index in [0.717, 1.165) is 11.3 Å². The molecule has 1 amide bonds. The molecule has 1 aliphatic rings. The Balaban J connectivity index is 2.29. The molecule has 1 aromatic carbocycles. The Morgan fingerprint density at radius 3 is 2.30 bits per heavy atom. The van der Waals surface area contributed by atoms with Crippen LogP contribution < -0.4 is 4.90 Å². The van der Waals surface area contributed by atoms with Gasteiger partial charge in [-0.05, 0) is 30.9 Å². The van der Waals surface area contributed by atoms with Gasteiger partial charge in [0.2, 0.25) is 5.91 Å². The van der Waals surface area contributed by atoms with Crippen molar-refractivity contribution < 1.29 is 14.7 Å². The van der Waals surface area contributed by atoms with Gasteiger partial charge in [-0.1, -0.05) is 32.0 Å². The molecule has 0 aromatic heterocycles. The molecule has 0 spiro atoms. The van der Waals surface area contributed by atoms with E-state index >= 15 is 0 Å². The third kappa shape index (κ3) is 2.19. The number of carbonyl (C=O) groups is 2. The summed E-state index contributed by atoms with van der Waals surface area (Å²) in [6.07, 6.45) is 0. The molecule has 0 heterocycles. The highest BCUT2D eigenvalue weighted by molar-refractivity contribution is 6.01. The monoisotopic (exact) mass is 275 g/mol. The minimum atomic E-state index is -0.880. The Morgan fingerprint density at radius 2 is 1.85 bits per heavy atom. The van der Waals surface area contributed by atoms with E-state index in [2.05, 4.69) is 0 Å². The van der Waals surface area contributed by atoms with Crippen LogP contribution in [0.5, 0.6) is 0 Å². The number of para-hydroxylation sites is 1. The van der Waals surface area contributed by atoms with E-state index in [4.69, 9.17) is 0 Å². The van der Waals surface area contributed by atoms with Gasteiger partial charge in [0.1, 0.15) is 0 Å². The minimum absolute atomic E-state index is 0.0841. The molecule has 20 heavy (non-hydrogen) atoms. The molecule has 1 fully saturated rings. The summed E-state index contributed by atoms with van der Waals surface area (Å²) in [5.74, 6) is -1.97. The Hall–Kier alpha value is -1.84. The molecule has 1 saturated carbocycles. The molecule has 0 unspecified atom stereocenters. The molecule has 0 bridgehead atoms. The zero-order chi connectivity index (χ0) is 15.1. The lowest BCUT2D eigenvalue weighted by atomic mass is 10.1. The molecule has 1 aliphatic carbocycles. The number of anilines is 1. The number of aryl methyl sites for hydroxylation is 1. The first-order valence-electron chi connectivity index (χ1n) is 6.92. The molecule has 1 N–H and O–H groups in total. The maximum atomic E-state index is 12.7. The van der Waals surface area contributed by atoms with Crippen LogP contribution in [-0.2, 0) is 9.59 Å². The average Bonchev–Trinajstić information content (AvgIpc) is 2.95. The number of aliphatic carboxylic acids is 1. The summed E-state index contributed by atoms with van der Waals surface area (Å²) in [6, 6.07) is 7.68. The maximum absolute atomic E-state index is 12.7. The molecule has 2 rings (SSSR count). The van der Waals surface area contributed by atoms with Crippen molar-refractivity contribution in [2.75, 3.05) is 11.4 Å². The van der Waals surface area contributed by atoms with E-state index in [-0.39, 0.29) is 5.91 Å². The van der Waals surface area contributed by atoms with E-state index < -0.39 is 23.2 Å². The second-order valence-corrected chi connectivity index (χ2v) is 5.98. The maximum Gasteiger partial charge on any atom is 0.307 e. The number of benzene rings is 1. The van der Waals surface area contributed by atoms with Crippen molar-refractivity contribution in [2.45, 2.75) is 27.7 Å². The smallest absolute Gasteiger partial charge is 0.307 e. The van der Waals surface area contributed by atoms with Crippen molar-refractivity contribution in [3.05, 3.63) is 29.8 Å². The minimum Gasteiger partial charge on any atom is -0.481 e. The van der Waals surface area contributed by atoms with Gasteiger partial charge < -0.3 is 10.0 Å². The molecule has 4 heteroatoms. The molecule has 0 aliphatic heterocycles. The Kier molecular flexibility index (Phi) is 3.59. The lowest BCUT2D eigenvalue weighted by Gasteiger charge is -2.23. The molecule has 1 aromatic rings. The quantitative estimate of drug-likeness (QED) is 0.919. The second kappa shape index (κ2) is 4.93. The highest BCUT2D eigenvalue weighted by Gasteiger charge is 2.66. The number of carbonyl (C=O) groups excluding carboxylic acids is 1. The standard InChI is InChI=1S/C16H21NO3/c1-5-17(11-9-7-6-8-10(11)2)14(18)12-13(15(19)20)16(12,3)4/h6-9,12-13H,5H2,1-4H3,(H,19,20)/t12-,13+/m1/s1. The van der Waals surface area contributed by atoms with Crippen LogP contribution in [0, 0.1) is 24.2 Å². The van der Waals surface area contributed by atoms with Gasteiger partial charge in [0.25, 0.3) is 0 Å². The summed E-state index contributed by atoms with van der Waals surface area (Å²) >= 11 is 0. The summed E-state index contributed by atoms with van der Waals surface area (Å²) in [6.45, 7) is 8.11. The number of rotatable bonds is 4. The van der Waals surface area contributed by atoms with Gasteiger partial charge in [0.05, 0.1) is 11.8 Å². The molecule has 4 nitrogen and oxygen atoms in total. The van der Waals surface area contributed by atoms with Gasteiger partial charge in [0, 0.05) is 12.2 Å². The zero-order valence-electron chi connectivity index (χ0n) is 12.4. The number of carboxylic acid groups (broad SMARTS) is 1. The van der Waals surface area contributed by atoms with Crippen molar-refractivity contribution in [1.29, 1.82) is 0 Å². The highest BCUT2D eigenvalue weighted by atomic mass is 16.4. The number of hydrogen-bond acceptors (Lipinski definition) is 2. The number of hydrogen-bond donors (Lipinski definition) is 1. The fourth-order valence-corrected chi connectivity index (χ4v) is 3.04. The van der Waals surface area contributed by atoms with Crippen molar-refractivity contribution in [3.63, 3.8) is 0 Å². The van der Waals surface area contributed by atoms with Crippen molar-refractivity contribution in [1.82, 2.24) is 0 Å². The van der Waals surface area contributed by atoms with Crippen molar-refractivity contribution in [2.24, 2.45) is 17.3 Å². The van der Waals surface area contributed by atoms with Gasteiger partial charge in [-0.2, -0.15) is 0 Å². The predicted octanol–water partition coefficient (Wildman–Crippen LogP) is 2.70.